The van der Waals surface area contributed by atoms with Gasteiger partial charge in [0.25, 0.3) is 0 Å². The molecule has 26 heavy (non-hydrogen) atoms. The first kappa shape index (κ1) is 15.5. The Morgan fingerprint density at radius 1 is 1.27 bits per heavy atom. The van der Waals surface area contributed by atoms with Gasteiger partial charge in [0, 0.05) is 13.1 Å². The summed E-state index contributed by atoms with van der Waals surface area (Å²) >= 11 is 1.66. The molecule has 3 aromatic heterocycles. The molecule has 3 N–H and O–H groups in total. The molecule has 8 heteroatoms. The number of aryl methyl sites for hydroxylation is 1. The molecule has 0 aliphatic carbocycles. The lowest BCUT2D eigenvalue weighted by molar-refractivity contribution is 0.325. The van der Waals surface area contributed by atoms with E-state index in [1.165, 1.54) is 6.33 Å². The molecule has 1 fully saturated rings. The third-order valence-electron chi connectivity index (χ3n) is 4.80. The minimum atomic E-state index is 0.298. The van der Waals surface area contributed by atoms with E-state index < -0.39 is 0 Å². The Hall–Kier alpha value is -2.71. The number of thiophene rings is 1. The summed E-state index contributed by atoms with van der Waals surface area (Å²) in [6.45, 7) is 3.85. The summed E-state index contributed by atoms with van der Waals surface area (Å²) in [6.07, 6.45) is 1.50. The quantitative estimate of drug-likeness (QED) is 0.579. The first-order chi connectivity index (χ1) is 12.7. The minimum absolute atomic E-state index is 0.298. The van der Waals surface area contributed by atoms with E-state index in [4.69, 9.17) is 15.6 Å². The van der Waals surface area contributed by atoms with Crippen LogP contribution >= 0.6 is 11.3 Å². The van der Waals surface area contributed by atoms with E-state index >= 15 is 0 Å². The van der Waals surface area contributed by atoms with Gasteiger partial charge in [0.05, 0.1) is 28.1 Å². The Morgan fingerprint density at radius 3 is 2.85 bits per heavy atom. The largest absolute Gasteiger partial charge is 0.495 e. The summed E-state index contributed by atoms with van der Waals surface area (Å²) in [5.41, 5.74) is 9.00. The molecule has 4 heterocycles. The number of methoxy groups -OCH3 is 1. The zero-order chi connectivity index (χ0) is 17.8. The average molecular weight is 366 g/mol. The molecule has 1 saturated heterocycles. The van der Waals surface area contributed by atoms with Crippen LogP contribution in [0.5, 0.6) is 5.75 Å². The predicted octanol–water partition coefficient (Wildman–Crippen LogP) is 2.75. The molecule has 0 bridgehead atoms. The molecule has 7 nitrogen and oxygen atoms in total. The zero-order valence-corrected chi connectivity index (χ0v) is 15.3. The lowest BCUT2D eigenvalue weighted by Gasteiger charge is -2.27. The molecular formula is C18H18N6OS. The van der Waals surface area contributed by atoms with Gasteiger partial charge in [0.15, 0.2) is 5.65 Å². The fourth-order valence-corrected chi connectivity index (χ4v) is 4.53. The van der Waals surface area contributed by atoms with E-state index in [2.05, 4.69) is 40.4 Å². The van der Waals surface area contributed by atoms with Crippen LogP contribution in [-0.4, -0.2) is 39.9 Å². The van der Waals surface area contributed by atoms with Gasteiger partial charge in [0.1, 0.15) is 23.6 Å². The molecule has 0 unspecified atom stereocenters. The summed E-state index contributed by atoms with van der Waals surface area (Å²) in [5, 5.41) is 10.1. The first-order valence-electron chi connectivity index (χ1n) is 8.43. The number of hydrogen-bond acceptors (Lipinski definition) is 7. The Morgan fingerprint density at radius 2 is 2.12 bits per heavy atom. The van der Waals surface area contributed by atoms with E-state index in [1.807, 2.05) is 4.68 Å². The Kier molecular flexibility index (Phi) is 3.38. The van der Waals surface area contributed by atoms with Gasteiger partial charge in [-0.2, -0.15) is 5.10 Å². The van der Waals surface area contributed by atoms with Crippen molar-refractivity contribution < 1.29 is 4.74 Å². The molecule has 132 valence electrons. The number of anilines is 1. The lowest BCUT2D eigenvalue weighted by atomic mass is 10.1. The van der Waals surface area contributed by atoms with Crippen molar-refractivity contribution in [3.8, 4) is 16.3 Å². The van der Waals surface area contributed by atoms with Crippen molar-refractivity contribution in [3.63, 3.8) is 0 Å². The number of ether oxygens (including phenoxy) is 1. The predicted molar refractivity (Wildman–Crippen MR) is 104 cm³/mol. The molecule has 5 rings (SSSR count). The van der Waals surface area contributed by atoms with E-state index in [0.29, 0.717) is 11.9 Å². The summed E-state index contributed by atoms with van der Waals surface area (Å²) in [6, 6.07) is 6.66. The van der Waals surface area contributed by atoms with Gasteiger partial charge in [-0.3, -0.25) is 0 Å². The monoisotopic (exact) mass is 366 g/mol. The van der Waals surface area contributed by atoms with Gasteiger partial charge in [-0.25, -0.2) is 14.6 Å². The number of nitrogen functional groups attached to an aromatic ring is 1. The van der Waals surface area contributed by atoms with Crippen molar-refractivity contribution in [2.75, 3.05) is 25.9 Å². The van der Waals surface area contributed by atoms with Crippen LogP contribution in [0.3, 0.4) is 0 Å². The number of nitrogens with two attached hydrogens (primary N) is 1. The SMILES string of the molecule is COc1cc(C)cc2cc(-c3nn(C4CNC4)c4ncnc(N)c34)sc12. The second-order valence-corrected chi connectivity index (χ2v) is 7.61. The van der Waals surface area contributed by atoms with Crippen LogP contribution in [0.4, 0.5) is 5.82 Å². The number of hydrogen-bond donors (Lipinski definition) is 2. The maximum atomic E-state index is 6.20. The number of rotatable bonds is 3. The van der Waals surface area contributed by atoms with Gasteiger partial charge in [0.2, 0.25) is 0 Å². The van der Waals surface area contributed by atoms with Crippen molar-refractivity contribution in [2.24, 2.45) is 0 Å². The molecule has 1 aliphatic heterocycles. The lowest BCUT2D eigenvalue weighted by Crippen LogP contribution is -2.43. The molecular weight excluding hydrogens is 348 g/mol. The van der Waals surface area contributed by atoms with Gasteiger partial charge >= 0.3 is 0 Å². The van der Waals surface area contributed by atoms with Gasteiger partial charge < -0.3 is 15.8 Å². The van der Waals surface area contributed by atoms with Crippen LogP contribution in [0.25, 0.3) is 31.7 Å². The standard InChI is InChI=1S/C18H18N6OS/c1-9-3-10-5-13(26-16(10)12(4-9)25-2)15-14-17(19)21-8-22-18(14)24(23-15)11-6-20-7-11/h3-5,8,11,20H,6-7H2,1-2H3,(H2,19,21,22). The highest BCUT2D eigenvalue weighted by Gasteiger charge is 2.26. The topological polar surface area (TPSA) is 90.9 Å². The number of aromatic nitrogens is 4. The van der Waals surface area contributed by atoms with E-state index in [9.17, 15) is 0 Å². The van der Waals surface area contributed by atoms with Crippen molar-refractivity contribution >= 4 is 38.3 Å². The number of benzene rings is 1. The third-order valence-corrected chi connectivity index (χ3v) is 5.98. The highest BCUT2D eigenvalue weighted by Crippen LogP contribution is 2.42. The summed E-state index contributed by atoms with van der Waals surface area (Å²) < 4.78 is 8.65. The molecule has 0 radical (unpaired) electrons. The van der Waals surface area contributed by atoms with Crippen molar-refractivity contribution in [3.05, 3.63) is 30.1 Å². The summed E-state index contributed by atoms with van der Waals surface area (Å²) in [5.74, 6) is 1.34. The van der Waals surface area contributed by atoms with Crippen LogP contribution in [0.1, 0.15) is 11.6 Å². The number of nitrogens with one attached hydrogen (secondary N) is 1. The van der Waals surface area contributed by atoms with Gasteiger partial charge in [-0.1, -0.05) is 6.07 Å². The normalized spacial score (nSPS) is 14.8. The van der Waals surface area contributed by atoms with Crippen LogP contribution in [0, 0.1) is 6.92 Å². The fraction of sp³-hybridized carbons (Fsp3) is 0.278. The van der Waals surface area contributed by atoms with Crippen molar-refractivity contribution in [1.29, 1.82) is 0 Å². The highest BCUT2D eigenvalue weighted by molar-refractivity contribution is 7.22. The number of fused-ring (bicyclic) bond motifs is 2. The number of nitrogens with zero attached hydrogens (tertiary/aromatic N) is 4. The summed E-state index contributed by atoms with van der Waals surface area (Å²) in [7, 11) is 1.70. The van der Waals surface area contributed by atoms with Crippen LogP contribution in [0.15, 0.2) is 24.5 Å². The van der Waals surface area contributed by atoms with E-state index in [-0.39, 0.29) is 0 Å². The smallest absolute Gasteiger partial charge is 0.164 e. The van der Waals surface area contributed by atoms with Crippen LogP contribution in [0.2, 0.25) is 0 Å². The molecule has 0 amide bonds. The van der Waals surface area contributed by atoms with E-state index in [1.54, 1.807) is 18.4 Å². The first-order valence-corrected chi connectivity index (χ1v) is 9.25. The second kappa shape index (κ2) is 5.65. The fourth-order valence-electron chi connectivity index (χ4n) is 3.40. The molecule has 0 saturated carbocycles. The van der Waals surface area contributed by atoms with Gasteiger partial charge in [-0.05, 0) is 30.0 Å². The Balaban J connectivity index is 1.78. The third kappa shape index (κ3) is 2.19. The molecule has 1 aliphatic rings. The maximum absolute atomic E-state index is 6.20. The Labute approximate surface area is 153 Å². The summed E-state index contributed by atoms with van der Waals surface area (Å²) in [4.78, 5) is 9.69. The zero-order valence-electron chi connectivity index (χ0n) is 14.5. The molecule has 1 aromatic carbocycles. The molecule has 0 atom stereocenters. The van der Waals surface area contributed by atoms with E-state index in [0.717, 1.165) is 56.1 Å². The minimum Gasteiger partial charge on any atom is -0.495 e. The van der Waals surface area contributed by atoms with Crippen LogP contribution in [-0.2, 0) is 0 Å². The van der Waals surface area contributed by atoms with Crippen molar-refractivity contribution in [1.82, 2.24) is 25.1 Å². The van der Waals surface area contributed by atoms with Gasteiger partial charge in [-0.15, -0.1) is 11.3 Å². The molecule has 0 spiro atoms. The highest BCUT2D eigenvalue weighted by atomic mass is 32.1. The maximum Gasteiger partial charge on any atom is 0.164 e. The van der Waals surface area contributed by atoms with Crippen LogP contribution < -0.4 is 15.8 Å². The van der Waals surface area contributed by atoms with Crippen molar-refractivity contribution in [2.45, 2.75) is 13.0 Å². The average Bonchev–Trinajstić information content (AvgIpc) is 3.15. The Bertz CT molecular complexity index is 1140. The second-order valence-electron chi connectivity index (χ2n) is 6.56. The molecule has 4 aromatic rings.